The molecule has 1 aromatic carbocycles. The lowest BCUT2D eigenvalue weighted by molar-refractivity contribution is 0.0721. The molecule has 1 aliphatic heterocycles. The highest BCUT2D eigenvalue weighted by Gasteiger charge is 2.40. The van der Waals surface area contributed by atoms with E-state index in [1.807, 2.05) is 23.1 Å². The molecule has 2 nitrogen and oxygen atoms in total. The van der Waals surface area contributed by atoms with Crippen LogP contribution in [0.3, 0.4) is 0 Å². The van der Waals surface area contributed by atoms with Gasteiger partial charge in [0.2, 0.25) is 0 Å². The maximum atomic E-state index is 12.5. The van der Waals surface area contributed by atoms with Gasteiger partial charge in [0.05, 0.1) is 10.6 Å². The van der Waals surface area contributed by atoms with Crippen LogP contribution in [0.2, 0.25) is 5.02 Å². The SMILES string of the molecule is O=C(c1ccccc1Cl)N1CCCC1C1CC1. The first-order valence-corrected chi connectivity index (χ1v) is 6.70. The van der Waals surface area contributed by atoms with E-state index in [1.165, 1.54) is 19.3 Å². The lowest BCUT2D eigenvalue weighted by Gasteiger charge is -2.25. The number of amides is 1. The number of hydrogen-bond acceptors (Lipinski definition) is 1. The van der Waals surface area contributed by atoms with Gasteiger partial charge in [-0.3, -0.25) is 4.79 Å². The van der Waals surface area contributed by atoms with Gasteiger partial charge in [0.25, 0.3) is 5.91 Å². The first-order chi connectivity index (χ1) is 8.27. The predicted molar refractivity (Wildman–Crippen MR) is 68.2 cm³/mol. The molecule has 2 fully saturated rings. The van der Waals surface area contributed by atoms with E-state index < -0.39 is 0 Å². The fraction of sp³-hybridized carbons (Fsp3) is 0.500. The summed E-state index contributed by atoms with van der Waals surface area (Å²) in [6.45, 7) is 0.894. The summed E-state index contributed by atoms with van der Waals surface area (Å²) in [7, 11) is 0. The molecule has 0 aromatic heterocycles. The number of carbonyl (C=O) groups excluding carboxylic acids is 1. The minimum Gasteiger partial charge on any atom is -0.335 e. The lowest BCUT2D eigenvalue weighted by atomic mass is 10.1. The summed E-state index contributed by atoms with van der Waals surface area (Å²) in [5, 5.41) is 0.568. The molecule has 0 N–H and O–H groups in total. The minimum absolute atomic E-state index is 0.116. The molecule has 1 heterocycles. The molecule has 90 valence electrons. The molecular formula is C14H16ClNO. The van der Waals surface area contributed by atoms with Crippen molar-refractivity contribution in [1.82, 2.24) is 4.90 Å². The zero-order chi connectivity index (χ0) is 11.8. The molecule has 3 rings (SSSR count). The first-order valence-electron chi connectivity index (χ1n) is 6.33. The number of halogens is 1. The Morgan fingerprint density at radius 1 is 1.24 bits per heavy atom. The summed E-state index contributed by atoms with van der Waals surface area (Å²) in [4.78, 5) is 14.5. The second kappa shape index (κ2) is 4.34. The Hall–Kier alpha value is -1.02. The van der Waals surface area contributed by atoms with Crippen molar-refractivity contribution >= 4 is 17.5 Å². The van der Waals surface area contributed by atoms with E-state index in [0.717, 1.165) is 18.9 Å². The maximum Gasteiger partial charge on any atom is 0.255 e. The maximum absolute atomic E-state index is 12.5. The molecule has 1 aromatic rings. The van der Waals surface area contributed by atoms with Crippen molar-refractivity contribution in [2.45, 2.75) is 31.7 Å². The van der Waals surface area contributed by atoms with E-state index in [2.05, 4.69) is 0 Å². The number of hydrogen-bond donors (Lipinski definition) is 0. The van der Waals surface area contributed by atoms with Gasteiger partial charge in [-0.25, -0.2) is 0 Å². The van der Waals surface area contributed by atoms with Crippen molar-refractivity contribution in [1.29, 1.82) is 0 Å². The Bertz CT molecular complexity index is 442. The quantitative estimate of drug-likeness (QED) is 0.787. The molecule has 0 radical (unpaired) electrons. The van der Waals surface area contributed by atoms with Gasteiger partial charge in [-0.2, -0.15) is 0 Å². The van der Waals surface area contributed by atoms with Crippen LogP contribution in [0.15, 0.2) is 24.3 Å². The summed E-state index contributed by atoms with van der Waals surface area (Å²) >= 11 is 6.09. The van der Waals surface area contributed by atoms with Gasteiger partial charge in [0.1, 0.15) is 0 Å². The van der Waals surface area contributed by atoms with Crippen molar-refractivity contribution in [3.05, 3.63) is 34.9 Å². The molecule has 1 saturated heterocycles. The van der Waals surface area contributed by atoms with Gasteiger partial charge in [-0.15, -0.1) is 0 Å². The van der Waals surface area contributed by atoms with Gasteiger partial charge in [-0.1, -0.05) is 23.7 Å². The van der Waals surface area contributed by atoms with E-state index in [4.69, 9.17) is 11.6 Å². The summed E-state index contributed by atoms with van der Waals surface area (Å²) in [5.41, 5.74) is 0.654. The third kappa shape index (κ3) is 2.06. The summed E-state index contributed by atoms with van der Waals surface area (Å²) in [6.07, 6.45) is 4.88. The van der Waals surface area contributed by atoms with Gasteiger partial charge >= 0.3 is 0 Å². The van der Waals surface area contributed by atoms with Crippen molar-refractivity contribution in [3.8, 4) is 0 Å². The third-order valence-corrected chi connectivity index (χ3v) is 4.16. The molecule has 1 aliphatic carbocycles. The van der Waals surface area contributed by atoms with Crippen molar-refractivity contribution in [3.63, 3.8) is 0 Å². The van der Waals surface area contributed by atoms with Crippen molar-refractivity contribution < 1.29 is 4.79 Å². The highest BCUT2D eigenvalue weighted by atomic mass is 35.5. The standard InChI is InChI=1S/C14H16ClNO/c15-12-5-2-1-4-11(12)14(17)16-9-3-6-13(16)10-7-8-10/h1-2,4-5,10,13H,3,6-9H2. The van der Waals surface area contributed by atoms with Crippen LogP contribution < -0.4 is 0 Å². The minimum atomic E-state index is 0.116. The van der Waals surface area contributed by atoms with E-state index in [9.17, 15) is 4.79 Å². The van der Waals surface area contributed by atoms with Crippen LogP contribution in [-0.2, 0) is 0 Å². The van der Waals surface area contributed by atoms with E-state index in [1.54, 1.807) is 6.07 Å². The zero-order valence-corrected chi connectivity index (χ0v) is 10.5. The molecule has 3 heteroatoms. The number of benzene rings is 1. The summed E-state index contributed by atoms with van der Waals surface area (Å²) in [6, 6.07) is 7.82. The number of likely N-dealkylation sites (tertiary alicyclic amines) is 1. The second-order valence-corrected chi connectivity index (χ2v) is 5.43. The lowest BCUT2D eigenvalue weighted by Crippen LogP contribution is -2.36. The largest absolute Gasteiger partial charge is 0.335 e. The van der Waals surface area contributed by atoms with Gasteiger partial charge in [0, 0.05) is 12.6 Å². The number of rotatable bonds is 2. The van der Waals surface area contributed by atoms with Crippen LogP contribution in [-0.4, -0.2) is 23.4 Å². The molecule has 1 atom stereocenters. The van der Waals surface area contributed by atoms with Crippen LogP contribution in [0.1, 0.15) is 36.0 Å². The normalized spacial score (nSPS) is 24.1. The molecule has 1 saturated carbocycles. The Labute approximate surface area is 107 Å². The Morgan fingerprint density at radius 2 is 2.00 bits per heavy atom. The molecule has 1 amide bonds. The highest BCUT2D eigenvalue weighted by Crippen LogP contribution is 2.40. The Kier molecular flexibility index (Phi) is 2.83. The fourth-order valence-electron chi connectivity index (χ4n) is 2.81. The average Bonchev–Trinajstić information content (AvgIpc) is 3.07. The summed E-state index contributed by atoms with van der Waals surface area (Å²) in [5.74, 6) is 0.869. The molecule has 2 aliphatic rings. The molecule has 0 bridgehead atoms. The van der Waals surface area contributed by atoms with Gasteiger partial charge < -0.3 is 4.90 Å². The van der Waals surface area contributed by atoms with E-state index in [-0.39, 0.29) is 5.91 Å². The molecular weight excluding hydrogens is 234 g/mol. The van der Waals surface area contributed by atoms with Crippen LogP contribution in [0.5, 0.6) is 0 Å². The monoisotopic (exact) mass is 249 g/mol. The fourth-order valence-corrected chi connectivity index (χ4v) is 3.02. The number of nitrogens with zero attached hydrogens (tertiary/aromatic N) is 1. The third-order valence-electron chi connectivity index (χ3n) is 3.83. The van der Waals surface area contributed by atoms with E-state index in [0.29, 0.717) is 16.6 Å². The van der Waals surface area contributed by atoms with E-state index >= 15 is 0 Å². The average molecular weight is 250 g/mol. The first kappa shape index (κ1) is 11.1. The van der Waals surface area contributed by atoms with Crippen LogP contribution >= 0.6 is 11.6 Å². The van der Waals surface area contributed by atoms with Gasteiger partial charge in [-0.05, 0) is 43.7 Å². The van der Waals surface area contributed by atoms with Crippen molar-refractivity contribution in [2.24, 2.45) is 5.92 Å². The second-order valence-electron chi connectivity index (χ2n) is 5.03. The van der Waals surface area contributed by atoms with Crippen LogP contribution in [0.25, 0.3) is 0 Å². The zero-order valence-electron chi connectivity index (χ0n) is 9.73. The smallest absolute Gasteiger partial charge is 0.255 e. The topological polar surface area (TPSA) is 20.3 Å². The summed E-state index contributed by atoms with van der Waals surface area (Å²) < 4.78 is 0. The van der Waals surface area contributed by atoms with Crippen LogP contribution in [0, 0.1) is 5.92 Å². The van der Waals surface area contributed by atoms with Crippen molar-refractivity contribution in [2.75, 3.05) is 6.54 Å². The predicted octanol–water partition coefficient (Wildman–Crippen LogP) is 3.35. The molecule has 1 unspecified atom stereocenters. The molecule has 0 spiro atoms. The Balaban J connectivity index is 1.84. The Morgan fingerprint density at radius 3 is 2.71 bits per heavy atom. The van der Waals surface area contributed by atoms with Gasteiger partial charge in [0.15, 0.2) is 0 Å². The molecule has 17 heavy (non-hydrogen) atoms. The highest BCUT2D eigenvalue weighted by molar-refractivity contribution is 6.33. The number of carbonyl (C=O) groups is 1. The van der Waals surface area contributed by atoms with Crippen LogP contribution in [0.4, 0.5) is 0 Å².